The molecule has 8 heteroatoms. The molecule has 0 bridgehead atoms. The fourth-order valence-corrected chi connectivity index (χ4v) is 3.13. The lowest BCUT2D eigenvalue weighted by molar-refractivity contribution is -0.134. The van der Waals surface area contributed by atoms with Gasteiger partial charge in [0.1, 0.15) is 17.8 Å². The quantitative estimate of drug-likeness (QED) is 0.415. The predicted molar refractivity (Wildman–Crippen MR) is 113 cm³/mol. The van der Waals surface area contributed by atoms with Gasteiger partial charge in [0.2, 0.25) is 0 Å². The van der Waals surface area contributed by atoms with E-state index in [1.807, 2.05) is 24.3 Å². The van der Waals surface area contributed by atoms with Crippen LogP contribution in [0.2, 0.25) is 0 Å². The minimum absolute atomic E-state index is 0.0714. The Balaban J connectivity index is 1.41. The number of rotatable bonds is 9. The molecule has 0 fully saturated rings. The molecule has 0 spiro atoms. The number of aromatic nitrogens is 4. The lowest BCUT2D eigenvalue weighted by atomic mass is 10.1. The van der Waals surface area contributed by atoms with Crippen LogP contribution < -0.4 is 4.74 Å². The monoisotopic (exact) mass is 417 g/mol. The number of carbonyl (C=O) groups is 1. The lowest BCUT2D eigenvalue weighted by Gasteiger charge is -2.22. The Kier molecular flexibility index (Phi) is 6.37. The first-order valence-electron chi connectivity index (χ1n) is 10.1. The van der Waals surface area contributed by atoms with Crippen LogP contribution in [0, 0.1) is 0 Å². The molecule has 0 unspecified atom stereocenters. The van der Waals surface area contributed by atoms with Crippen LogP contribution in [0.4, 0.5) is 0 Å². The molecular formula is C23H23N5O3. The topological polar surface area (TPSA) is 86.3 Å². The summed E-state index contributed by atoms with van der Waals surface area (Å²) in [7, 11) is 0. The van der Waals surface area contributed by atoms with Gasteiger partial charge in [-0.3, -0.25) is 4.79 Å². The summed E-state index contributed by atoms with van der Waals surface area (Å²) in [5, 5.41) is 11.1. The molecule has 0 atom stereocenters. The molecular weight excluding hydrogens is 394 g/mol. The average Bonchev–Trinajstić information content (AvgIpc) is 3.52. The minimum Gasteiger partial charge on any atom is -0.484 e. The van der Waals surface area contributed by atoms with E-state index in [-0.39, 0.29) is 12.5 Å². The van der Waals surface area contributed by atoms with Crippen molar-refractivity contribution in [3.63, 3.8) is 0 Å². The average molecular weight is 417 g/mol. The molecule has 158 valence electrons. The van der Waals surface area contributed by atoms with Crippen molar-refractivity contribution in [1.29, 1.82) is 0 Å². The van der Waals surface area contributed by atoms with Crippen molar-refractivity contribution in [2.75, 3.05) is 6.61 Å². The largest absolute Gasteiger partial charge is 0.484 e. The number of tetrazole rings is 1. The second-order valence-electron chi connectivity index (χ2n) is 7.04. The summed E-state index contributed by atoms with van der Waals surface area (Å²) in [6.07, 6.45) is 4.10. The highest BCUT2D eigenvalue weighted by Crippen LogP contribution is 2.16. The molecule has 0 aliphatic heterocycles. The summed E-state index contributed by atoms with van der Waals surface area (Å²) in [6.45, 7) is 2.90. The summed E-state index contributed by atoms with van der Waals surface area (Å²) >= 11 is 0. The number of carbonyl (C=O) groups excluding carboxylic acids is 1. The number of hydrogen-bond donors (Lipinski definition) is 0. The van der Waals surface area contributed by atoms with Gasteiger partial charge in [0, 0.05) is 6.54 Å². The van der Waals surface area contributed by atoms with E-state index in [1.54, 1.807) is 28.0 Å². The van der Waals surface area contributed by atoms with Crippen molar-refractivity contribution in [2.24, 2.45) is 0 Å². The molecule has 4 rings (SSSR count). The van der Waals surface area contributed by atoms with E-state index in [1.165, 1.54) is 11.9 Å². The highest BCUT2D eigenvalue weighted by atomic mass is 16.5. The number of nitrogens with zero attached hydrogens (tertiary/aromatic N) is 5. The van der Waals surface area contributed by atoms with E-state index in [9.17, 15) is 4.79 Å². The Bertz CT molecular complexity index is 1080. The van der Waals surface area contributed by atoms with Gasteiger partial charge in [0.25, 0.3) is 5.91 Å². The molecule has 31 heavy (non-hydrogen) atoms. The van der Waals surface area contributed by atoms with Crippen LogP contribution in [0.3, 0.4) is 0 Å². The highest BCUT2D eigenvalue weighted by molar-refractivity contribution is 5.77. The Labute approximate surface area is 180 Å². The smallest absolute Gasteiger partial charge is 0.261 e. The normalized spacial score (nSPS) is 10.7. The maximum atomic E-state index is 13.0. The van der Waals surface area contributed by atoms with E-state index in [0.29, 0.717) is 18.8 Å². The molecule has 4 aromatic rings. The molecule has 0 saturated heterocycles. The van der Waals surface area contributed by atoms with Gasteiger partial charge in [0.05, 0.1) is 18.5 Å². The standard InChI is InChI=1S/C23H23N5O3/c1-2-18-5-7-19(8-6-18)14-27(15-22-4-3-13-30-22)23(29)16-31-21-11-9-20(10-12-21)28-17-24-25-26-28/h3-13,17H,2,14-16H2,1H3. The van der Waals surface area contributed by atoms with Crippen molar-refractivity contribution >= 4 is 5.91 Å². The van der Waals surface area contributed by atoms with E-state index in [0.717, 1.165) is 23.4 Å². The Hall–Kier alpha value is -3.94. The number of ether oxygens (including phenoxy) is 1. The Morgan fingerprint density at radius 2 is 1.81 bits per heavy atom. The summed E-state index contributed by atoms with van der Waals surface area (Å²) < 4.78 is 12.7. The lowest BCUT2D eigenvalue weighted by Crippen LogP contribution is -2.34. The van der Waals surface area contributed by atoms with Crippen LogP contribution in [0.5, 0.6) is 5.75 Å². The first-order chi connectivity index (χ1) is 15.2. The van der Waals surface area contributed by atoms with E-state index < -0.39 is 0 Å². The van der Waals surface area contributed by atoms with Crippen molar-refractivity contribution < 1.29 is 13.9 Å². The molecule has 0 saturated carbocycles. The van der Waals surface area contributed by atoms with Gasteiger partial charge in [-0.15, -0.1) is 5.10 Å². The van der Waals surface area contributed by atoms with Crippen LogP contribution in [-0.4, -0.2) is 37.6 Å². The third-order valence-electron chi connectivity index (χ3n) is 4.90. The fraction of sp³-hybridized carbons (Fsp3) is 0.217. The third kappa shape index (κ3) is 5.36. The van der Waals surface area contributed by atoms with Gasteiger partial charge >= 0.3 is 0 Å². The maximum Gasteiger partial charge on any atom is 0.261 e. The molecule has 8 nitrogen and oxygen atoms in total. The summed E-state index contributed by atoms with van der Waals surface area (Å²) in [5.74, 6) is 1.19. The number of benzene rings is 2. The number of furan rings is 1. The van der Waals surface area contributed by atoms with Crippen molar-refractivity contribution in [2.45, 2.75) is 26.4 Å². The fourth-order valence-electron chi connectivity index (χ4n) is 3.13. The molecule has 0 N–H and O–H groups in total. The van der Waals surface area contributed by atoms with Gasteiger partial charge in [-0.25, -0.2) is 4.68 Å². The second-order valence-corrected chi connectivity index (χ2v) is 7.04. The Morgan fingerprint density at radius 1 is 1.03 bits per heavy atom. The van der Waals surface area contributed by atoms with Crippen LogP contribution >= 0.6 is 0 Å². The van der Waals surface area contributed by atoms with Crippen molar-refractivity contribution in [3.05, 3.63) is 90.1 Å². The van der Waals surface area contributed by atoms with Gasteiger partial charge in [-0.05, 0) is 64.4 Å². The molecule has 2 aromatic carbocycles. The summed E-state index contributed by atoms with van der Waals surface area (Å²) in [4.78, 5) is 14.7. The first kappa shape index (κ1) is 20.3. The molecule has 2 aromatic heterocycles. The van der Waals surface area contributed by atoms with Crippen molar-refractivity contribution in [1.82, 2.24) is 25.1 Å². The SMILES string of the molecule is CCc1ccc(CN(Cc2ccco2)C(=O)COc2ccc(-n3cnnn3)cc2)cc1. The zero-order valence-electron chi connectivity index (χ0n) is 17.2. The van der Waals surface area contributed by atoms with Gasteiger partial charge in [0.15, 0.2) is 6.61 Å². The summed E-state index contributed by atoms with van der Waals surface area (Å²) in [6, 6.07) is 19.2. The summed E-state index contributed by atoms with van der Waals surface area (Å²) in [5.41, 5.74) is 3.13. The van der Waals surface area contributed by atoms with Crippen LogP contribution in [0.15, 0.2) is 77.7 Å². The van der Waals surface area contributed by atoms with E-state index in [2.05, 4.69) is 46.7 Å². The van der Waals surface area contributed by atoms with Gasteiger partial charge in [-0.1, -0.05) is 31.2 Å². The number of amides is 1. The Morgan fingerprint density at radius 3 is 2.45 bits per heavy atom. The second kappa shape index (κ2) is 9.71. The van der Waals surface area contributed by atoms with E-state index in [4.69, 9.17) is 9.15 Å². The molecule has 0 radical (unpaired) electrons. The molecule has 0 aliphatic carbocycles. The molecule has 1 amide bonds. The molecule has 2 heterocycles. The number of aryl methyl sites for hydroxylation is 1. The van der Waals surface area contributed by atoms with E-state index >= 15 is 0 Å². The number of hydrogen-bond acceptors (Lipinski definition) is 6. The van der Waals surface area contributed by atoms with Crippen LogP contribution in [-0.2, 0) is 24.3 Å². The zero-order valence-corrected chi connectivity index (χ0v) is 17.2. The maximum absolute atomic E-state index is 13.0. The van der Waals surface area contributed by atoms with Gasteiger partial charge in [-0.2, -0.15) is 0 Å². The highest BCUT2D eigenvalue weighted by Gasteiger charge is 2.17. The van der Waals surface area contributed by atoms with Crippen LogP contribution in [0.1, 0.15) is 23.8 Å². The van der Waals surface area contributed by atoms with Crippen molar-refractivity contribution in [3.8, 4) is 11.4 Å². The predicted octanol–water partition coefficient (Wildman–Crippen LogP) is 3.43. The van der Waals surface area contributed by atoms with Gasteiger partial charge < -0.3 is 14.1 Å². The first-order valence-corrected chi connectivity index (χ1v) is 10.1. The zero-order chi connectivity index (χ0) is 21.5. The third-order valence-corrected chi connectivity index (χ3v) is 4.90. The molecule has 0 aliphatic rings. The minimum atomic E-state index is -0.125. The van der Waals surface area contributed by atoms with Crippen LogP contribution in [0.25, 0.3) is 5.69 Å².